The highest BCUT2D eigenvalue weighted by molar-refractivity contribution is 5.35. The molecule has 1 rings (SSSR count). The lowest BCUT2D eigenvalue weighted by molar-refractivity contribution is -0.389. The summed E-state index contributed by atoms with van der Waals surface area (Å²) in [6, 6.07) is 0.119. The van der Waals surface area contributed by atoms with Gasteiger partial charge in [-0.15, -0.1) is 0 Å². The van der Waals surface area contributed by atoms with Gasteiger partial charge < -0.3 is 10.1 Å². The van der Waals surface area contributed by atoms with Crippen LogP contribution in [-0.2, 0) is 6.18 Å². The number of nitrogens with zero attached hydrogens (tertiary/aromatic N) is 2. The van der Waals surface area contributed by atoms with Gasteiger partial charge in [-0.05, 0) is 9.91 Å². The molecule has 0 N–H and O–H groups in total. The van der Waals surface area contributed by atoms with Gasteiger partial charge >= 0.3 is 12.0 Å². The molecule has 16 heavy (non-hydrogen) atoms. The van der Waals surface area contributed by atoms with Gasteiger partial charge in [0.1, 0.15) is 5.56 Å². The van der Waals surface area contributed by atoms with Crippen molar-refractivity contribution >= 4 is 5.82 Å². The van der Waals surface area contributed by atoms with E-state index in [4.69, 9.17) is 0 Å². The van der Waals surface area contributed by atoms with Crippen LogP contribution in [0.4, 0.5) is 27.8 Å². The van der Waals surface area contributed by atoms with E-state index in [2.05, 4.69) is 4.98 Å². The second kappa shape index (κ2) is 3.99. The largest absolute Gasteiger partial charge is 0.420 e. The van der Waals surface area contributed by atoms with Crippen molar-refractivity contribution in [3.05, 3.63) is 33.5 Å². The van der Waals surface area contributed by atoms with Crippen LogP contribution < -0.4 is 0 Å². The van der Waals surface area contributed by atoms with Crippen molar-refractivity contribution < 1.29 is 26.9 Å². The quantitative estimate of drug-likeness (QED) is 0.455. The zero-order valence-corrected chi connectivity index (χ0v) is 7.33. The molecule has 0 atom stereocenters. The number of aromatic nitrogens is 1. The molecule has 0 amide bonds. The topological polar surface area (TPSA) is 56.0 Å². The highest BCUT2D eigenvalue weighted by Crippen LogP contribution is 2.36. The Hall–Kier alpha value is -1.80. The fourth-order valence-corrected chi connectivity index (χ4v) is 0.977. The van der Waals surface area contributed by atoms with Crippen molar-refractivity contribution in [1.29, 1.82) is 0 Å². The van der Waals surface area contributed by atoms with Crippen molar-refractivity contribution in [3.63, 3.8) is 0 Å². The van der Waals surface area contributed by atoms with Gasteiger partial charge in [0.25, 0.3) is 6.43 Å². The van der Waals surface area contributed by atoms with Gasteiger partial charge in [0.05, 0.1) is 0 Å². The maximum Gasteiger partial charge on any atom is 0.420 e. The molecule has 0 aliphatic heterocycles. The van der Waals surface area contributed by atoms with Crippen LogP contribution in [0.2, 0.25) is 0 Å². The Morgan fingerprint density at radius 2 is 1.94 bits per heavy atom. The molecule has 4 nitrogen and oxygen atoms in total. The molecule has 9 heteroatoms. The third kappa shape index (κ3) is 2.41. The Balaban J connectivity index is 3.37. The molecule has 0 aliphatic carbocycles. The first-order valence-electron chi connectivity index (χ1n) is 3.73. The van der Waals surface area contributed by atoms with Gasteiger partial charge in [-0.3, -0.25) is 0 Å². The zero-order valence-electron chi connectivity index (χ0n) is 7.33. The van der Waals surface area contributed by atoms with E-state index in [9.17, 15) is 32.1 Å². The molecule has 88 valence electrons. The van der Waals surface area contributed by atoms with E-state index >= 15 is 0 Å². The molecule has 1 aromatic rings. The lowest BCUT2D eigenvalue weighted by Gasteiger charge is -2.09. The summed E-state index contributed by atoms with van der Waals surface area (Å²) in [5.74, 6) is -1.05. The number of hydrogen-bond donors (Lipinski definition) is 0. The summed E-state index contributed by atoms with van der Waals surface area (Å²) >= 11 is 0. The Labute approximate surface area is 84.9 Å². The van der Waals surface area contributed by atoms with Gasteiger partial charge in [0.2, 0.25) is 0 Å². The van der Waals surface area contributed by atoms with Gasteiger partial charge in [0.15, 0.2) is 6.20 Å². The van der Waals surface area contributed by atoms with Crippen LogP contribution in [0.3, 0.4) is 0 Å². The molecule has 0 saturated heterocycles. The van der Waals surface area contributed by atoms with Crippen LogP contribution in [0.5, 0.6) is 0 Å². The van der Waals surface area contributed by atoms with Crippen molar-refractivity contribution in [2.24, 2.45) is 0 Å². The molecular formula is C7H3F5N2O2. The first-order valence-corrected chi connectivity index (χ1v) is 3.73. The third-order valence-corrected chi connectivity index (χ3v) is 1.65. The zero-order chi connectivity index (χ0) is 12.5. The fraction of sp³-hybridized carbons (Fsp3) is 0.286. The second-order valence-electron chi connectivity index (χ2n) is 2.69. The SMILES string of the molecule is O=[N+]([O-])c1cc(C(F)F)c(C(F)(F)F)cn1. The Bertz CT molecular complexity index is 418. The predicted octanol–water partition coefficient (Wildman–Crippen LogP) is 2.95. The van der Waals surface area contributed by atoms with Crippen LogP contribution in [0, 0.1) is 10.1 Å². The first kappa shape index (κ1) is 12.3. The number of nitro groups is 1. The van der Waals surface area contributed by atoms with Crippen molar-refractivity contribution in [2.45, 2.75) is 12.6 Å². The van der Waals surface area contributed by atoms with Gasteiger partial charge in [0, 0.05) is 11.6 Å². The average Bonchev–Trinajstić information content (AvgIpc) is 2.15. The number of halogens is 5. The molecule has 0 aliphatic rings. The van der Waals surface area contributed by atoms with E-state index in [0.717, 1.165) is 0 Å². The maximum atomic E-state index is 12.3. The summed E-state index contributed by atoms with van der Waals surface area (Å²) in [5.41, 5.74) is -3.12. The average molecular weight is 242 g/mol. The number of alkyl halides is 5. The van der Waals surface area contributed by atoms with Crippen LogP contribution >= 0.6 is 0 Å². The van der Waals surface area contributed by atoms with Crippen LogP contribution in [0.1, 0.15) is 17.6 Å². The van der Waals surface area contributed by atoms with Gasteiger partial charge in [-0.25, -0.2) is 8.78 Å². The monoisotopic (exact) mass is 242 g/mol. The second-order valence-corrected chi connectivity index (χ2v) is 2.69. The predicted molar refractivity (Wildman–Crippen MR) is 40.9 cm³/mol. The molecule has 0 bridgehead atoms. The summed E-state index contributed by atoms with van der Waals surface area (Å²) < 4.78 is 61.1. The summed E-state index contributed by atoms with van der Waals surface area (Å²) in [5, 5.41) is 10.2. The molecule has 0 aromatic carbocycles. The Kier molecular flexibility index (Phi) is 3.06. The molecule has 1 heterocycles. The minimum Gasteiger partial charge on any atom is -0.358 e. The molecule has 0 radical (unpaired) electrons. The summed E-state index contributed by atoms with van der Waals surface area (Å²) in [6.07, 6.45) is -8.45. The van der Waals surface area contributed by atoms with Crippen LogP contribution in [-0.4, -0.2) is 9.91 Å². The van der Waals surface area contributed by atoms with E-state index in [0.29, 0.717) is 0 Å². The van der Waals surface area contributed by atoms with E-state index in [1.807, 2.05) is 0 Å². The van der Waals surface area contributed by atoms with Gasteiger partial charge in [-0.2, -0.15) is 13.2 Å². The highest BCUT2D eigenvalue weighted by atomic mass is 19.4. The Morgan fingerprint density at radius 1 is 1.38 bits per heavy atom. The fourth-order valence-electron chi connectivity index (χ4n) is 0.977. The smallest absolute Gasteiger partial charge is 0.358 e. The number of pyridine rings is 1. The molecule has 0 spiro atoms. The molecule has 0 unspecified atom stereocenters. The lowest BCUT2D eigenvalue weighted by Crippen LogP contribution is -2.11. The molecule has 0 fully saturated rings. The summed E-state index contributed by atoms with van der Waals surface area (Å²) in [6.45, 7) is 0. The highest BCUT2D eigenvalue weighted by Gasteiger charge is 2.38. The first-order chi connectivity index (χ1) is 7.23. The van der Waals surface area contributed by atoms with Gasteiger partial charge in [-0.1, -0.05) is 0 Å². The van der Waals surface area contributed by atoms with E-state index in [1.165, 1.54) is 0 Å². The van der Waals surface area contributed by atoms with Crippen LogP contribution in [0.15, 0.2) is 12.3 Å². The van der Waals surface area contributed by atoms with E-state index in [-0.39, 0.29) is 12.3 Å². The maximum absolute atomic E-state index is 12.3. The normalized spacial score (nSPS) is 11.9. The van der Waals surface area contributed by atoms with E-state index in [1.54, 1.807) is 0 Å². The Morgan fingerprint density at radius 3 is 2.31 bits per heavy atom. The third-order valence-electron chi connectivity index (χ3n) is 1.65. The summed E-state index contributed by atoms with van der Waals surface area (Å²) in [7, 11) is 0. The van der Waals surface area contributed by atoms with E-state index < -0.39 is 34.5 Å². The number of rotatable bonds is 2. The minimum atomic E-state index is -5.02. The molecule has 0 saturated carbocycles. The van der Waals surface area contributed by atoms with Crippen molar-refractivity contribution in [1.82, 2.24) is 4.98 Å². The number of hydrogen-bond acceptors (Lipinski definition) is 3. The molecule has 1 aromatic heterocycles. The standard InChI is InChI=1S/C7H3F5N2O2/c8-6(9)3-1-5(14(15)16)13-2-4(3)7(10,11)12/h1-2,6H. The van der Waals surface area contributed by atoms with Crippen molar-refractivity contribution in [3.8, 4) is 0 Å². The summed E-state index contributed by atoms with van der Waals surface area (Å²) in [4.78, 5) is 11.8. The molecular weight excluding hydrogens is 239 g/mol. The lowest BCUT2D eigenvalue weighted by atomic mass is 10.1. The van der Waals surface area contributed by atoms with Crippen LogP contribution in [0.25, 0.3) is 0 Å². The van der Waals surface area contributed by atoms with Crippen molar-refractivity contribution in [2.75, 3.05) is 0 Å². The minimum absolute atomic E-state index is 0.0274.